The molecule has 9 heteroatoms. The number of benzene rings is 2. The van der Waals surface area contributed by atoms with E-state index < -0.39 is 0 Å². The summed E-state index contributed by atoms with van der Waals surface area (Å²) in [4.78, 5) is 0. The van der Waals surface area contributed by atoms with Crippen molar-refractivity contribution in [1.82, 2.24) is 25.5 Å². The van der Waals surface area contributed by atoms with Gasteiger partial charge >= 0.3 is 0 Å². The van der Waals surface area contributed by atoms with E-state index in [1.54, 1.807) is 40.7 Å². The molecule has 0 aliphatic rings. The van der Waals surface area contributed by atoms with E-state index in [1.807, 2.05) is 36.4 Å². The minimum Gasteiger partial charge on any atom is -0.460 e. The van der Waals surface area contributed by atoms with Crippen molar-refractivity contribution in [3.8, 4) is 17.0 Å². The summed E-state index contributed by atoms with van der Waals surface area (Å²) in [6, 6.07) is 20.1. The van der Waals surface area contributed by atoms with Crippen molar-refractivity contribution >= 4 is 24.2 Å². The lowest BCUT2D eigenvalue weighted by atomic mass is 10.1. The normalized spacial score (nSPS) is 10.7. The minimum atomic E-state index is -0.281. The van der Waals surface area contributed by atoms with Crippen molar-refractivity contribution in [1.29, 1.82) is 0 Å². The minimum absolute atomic E-state index is 0. The molecular formula is C21H21ClFN5OS. The van der Waals surface area contributed by atoms with Crippen LogP contribution in [0.4, 0.5) is 4.39 Å². The fraction of sp³-hybridized carbons (Fsp3) is 0.190. The first-order valence-electron chi connectivity index (χ1n) is 9.32. The molecular weight excluding hydrogens is 425 g/mol. The number of furan rings is 1. The summed E-state index contributed by atoms with van der Waals surface area (Å²) in [5.41, 5.74) is 1.42. The van der Waals surface area contributed by atoms with Crippen LogP contribution in [0, 0.1) is 5.82 Å². The number of rotatable bonds is 9. The molecule has 0 radical (unpaired) electrons. The van der Waals surface area contributed by atoms with Crippen LogP contribution < -0.4 is 5.32 Å². The number of thioether (sulfide) groups is 1. The lowest BCUT2D eigenvalue weighted by molar-refractivity contribution is 0.490. The maximum absolute atomic E-state index is 13.8. The lowest BCUT2D eigenvalue weighted by Gasteiger charge is -2.05. The smallest absolute Gasteiger partial charge is 0.214 e. The lowest BCUT2D eigenvalue weighted by Crippen LogP contribution is -2.14. The number of nitrogens with zero attached hydrogens (tertiary/aromatic N) is 4. The summed E-state index contributed by atoms with van der Waals surface area (Å²) in [5, 5.41) is 16.0. The van der Waals surface area contributed by atoms with E-state index in [0.717, 1.165) is 35.3 Å². The Balaban J connectivity index is 0.00000256. The Morgan fingerprint density at radius 1 is 1.00 bits per heavy atom. The van der Waals surface area contributed by atoms with Crippen LogP contribution in [0.25, 0.3) is 17.0 Å². The summed E-state index contributed by atoms with van der Waals surface area (Å²) in [5.74, 6) is 1.93. The van der Waals surface area contributed by atoms with E-state index in [0.29, 0.717) is 17.9 Å². The van der Waals surface area contributed by atoms with E-state index in [1.165, 1.54) is 6.07 Å². The number of aromatic nitrogens is 4. The standard InChI is InChI=1S/C21H20FN5OS.ClH/c22-19-10-5-4-9-18(19)20-12-11-17(28-20)15-23-13-6-14-29-21-24-25-26-27(21)16-7-2-1-3-8-16;/h1-5,7-12,23H,6,13-15H2;1H. The zero-order chi connectivity index (χ0) is 19.9. The fourth-order valence-corrected chi connectivity index (χ4v) is 3.68. The van der Waals surface area contributed by atoms with Crippen LogP contribution in [-0.2, 0) is 6.54 Å². The molecule has 4 rings (SSSR count). The van der Waals surface area contributed by atoms with Gasteiger partial charge in [0, 0.05) is 5.75 Å². The van der Waals surface area contributed by atoms with Crippen LogP contribution in [0.5, 0.6) is 0 Å². The van der Waals surface area contributed by atoms with Crippen LogP contribution in [-0.4, -0.2) is 32.5 Å². The van der Waals surface area contributed by atoms with E-state index in [-0.39, 0.29) is 18.2 Å². The van der Waals surface area contributed by atoms with E-state index >= 15 is 0 Å². The first-order chi connectivity index (χ1) is 14.3. The van der Waals surface area contributed by atoms with Crippen molar-refractivity contribution < 1.29 is 8.81 Å². The van der Waals surface area contributed by atoms with Crippen molar-refractivity contribution in [3.05, 3.63) is 78.3 Å². The van der Waals surface area contributed by atoms with Crippen molar-refractivity contribution in [2.75, 3.05) is 12.3 Å². The SMILES string of the molecule is Cl.Fc1ccccc1-c1ccc(CNCCCSc2nnnn2-c2ccccc2)o1. The maximum atomic E-state index is 13.8. The predicted molar refractivity (Wildman–Crippen MR) is 118 cm³/mol. The van der Waals surface area contributed by atoms with Crippen molar-refractivity contribution in [2.45, 2.75) is 18.1 Å². The Labute approximate surface area is 184 Å². The highest BCUT2D eigenvalue weighted by atomic mass is 35.5. The number of para-hydroxylation sites is 1. The molecule has 0 saturated heterocycles. The molecule has 2 aromatic heterocycles. The number of halogens is 2. The highest BCUT2D eigenvalue weighted by Gasteiger charge is 2.10. The zero-order valence-corrected chi connectivity index (χ0v) is 17.7. The highest BCUT2D eigenvalue weighted by Crippen LogP contribution is 2.24. The molecule has 30 heavy (non-hydrogen) atoms. The predicted octanol–water partition coefficient (Wildman–Crippen LogP) is 4.76. The van der Waals surface area contributed by atoms with Gasteiger partial charge in [-0.25, -0.2) is 4.39 Å². The van der Waals surface area contributed by atoms with Crippen molar-refractivity contribution in [3.63, 3.8) is 0 Å². The molecule has 0 aliphatic carbocycles. The molecule has 6 nitrogen and oxygen atoms in total. The first kappa shape index (κ1) is 22.0. The molecule has 0 amide bonds. The van der Waals surface area contributed by atoms with E-state index in [2.05, 4.69) is 20.8 Å². The molecule has 0 saturated carbocycles. The second-order valence-electron chi connectivity index (χ2n) is 6.33. The summed E-state index contributed by atoms with van der Waals surface area (Å²) in [7, 11) is 0. The van der Waals surface area contributed by atoms with Gasteiger partial charge in [0.25, 0.3) is 0 Å². The molecule has 156 valence electrons. The molecule has 0 aliphatic heterocycles. The van der Waals surface area contributed by atoms with Gasteiger partial charge in [0.15, 0.2) is 0 Å². The third-order valence-corrected chi connectivity index (χ3v) is 5.28. The molecule has 0 atom stereocenters. The Morgan fingerprint density at radius 2 is 1.80 bits per heavy atom. The van der Waals surface area contributed by atoms with Crippen molar-refractivity contribution in [2.24, 2.45) is 0 Å². The molecule has 2 heterocycles. The van der Waals surface area contributed by atoms with Gasteiger partial charge in [-0.05, 0) is 59.8 Å². The van der Waals surface area contributed by atoms with Crippen LogP contribution >= 0.6 is 24.2 Å². The molecule has 2 aromatic carbocycles. The van der Waals surface area contributed by atoms with Gasteiger partial charge in [0.05, 0.1) is 17.8 Å². The number of nitrogens with one attached hydrogen (secondary N) is 1. The van der Waals surface area contributed by atoms with Crippen LogP contribution in [0.2, 0.25) is 0 Å². The molecule has 0 spiro atoms. The second-order valence-corrected chi connectivity index (χ2v) is 7.40. The Bertz CT molecular complexity index is 1060. The van der Waals surface area contributed by atoms with Gasteiger partial charge < -0.3 is 9.73 Å². The topological polar surface area (TPSA) is 68.8 Å². The van der Waals surface area contributed by atoms with Gasteiger partial charge in [-0.15, -0.1) is 17.5 Å². The molecule has 4 aromatic rings. The molecule has 0 fully saturated rings. The number of hydrogen-bond donors (Lipinski definition) is 1. The van der Waals surface area contributed by atoms with Crippen LogP contribution in [0.3, 0.4) is 0 Å². The maximum Gasteiger partial charge on any atom is 0.214 e. The fourth-order valence-electron chi connectivity index (χ4n) is 2.85. The average Bonchev–Trinajstić information content (AvgIpc) is 3.41. The number of tetrazole rings is 1. The molecule has 0 bridgehead atoms. The van der Waals surface area contributed by atoms with Crippen LogP contribution in [0.15, 0.2) is 76.3 Å². The van der Waals surface area contributed by atoms with Gasteiger partial charge in [-0.1, -0.05) is 42.1 Å². The highest BCUT2D eigenvalue weighted by molar-refractivity contribution is 7.99. The Kier molecular flexibility index (Phi) is 8.01. The van der Waals surface area contributed by atoms with Gasteiger partial charge in [-0.2, -0.15) is 4.68 Å². The summed E-state index contributed by atoms with van der Waals surface area (Å²) >= 11 is 1.62. The van der Waals surface area contributed by atoms with Gasteiger partial charge in [-0.3, -0.25) is 0 Å². The van der Waals surface area contributed by atoms with E-state index in [9.17, 15) is 4.39 Å². The Hall–Kier alpha value is -2.68. The average molecular weight is 446 g/mol. The van der Waals surface area contributed by atoms with E-state index in [4.69, 9.17) is 4.42 Å². The monoisotopic (exact) mass is 445 g/mol. The molecule has 0 unspecified atom stereocenters. The zero-order valence-electron chi connectivity index (χ0n) is 16.1. The van der Waals surface area contributed by atoms with Crippen LogP contribution in [0.1, 0.15) is 12.2 Å². The largest absolute Gasteiger partial charge is 0.460 e. The van der Waals surface area contributed by atoms with Gasteiger partial charge in [0.1, 0.15) is 17.3 Å². The summed E-state index contributed by atoms with van der Waals surface area (Å²) < 4.78 is 21.3. The summed E-state index contributed by atoms with van der Waals surface area (Å²) in [6.45, 7) is 1.43. The first-order valence-corrected chi connectivity index (χ1v) is 10.3. The molecule has 1 N–H and O–H groups in total. The number of hydrogen-bond acceptors (Lipinski definition) is 6. The summed E-state index contributed by atoms with van der Waals surface area (Å²) in [6.07, 6.45) is 0.952. The quantitative estimate of drug-likeness (QED) is 0.296. The third kappa shape index (κ3) is 5.47. The van der Waals surface area contributed by atoms with Gasteiger partial charge in [0.2, 0.25) is 5.16 Å². The Morgan fingerprint density at radius 3 is 2.63 bits per heavy atom. The second kappa shape index (κ2) is 10.9. The third-order valence-electron chi connectivity index (χ3n) is 4.27.